The van der Waals surface area contributed by atoms with E-state index in [1.54, 1.807) is 22.7 Å². The molecule has 2 aromatic heterocycles. The van der Waals surface area contributed by atoms with Gasteiger partial charge < -0.3 is 19.6 Å². The second-order valence-electron chi connectivity index (χ2n) is 17.6. The molecule has 1 aliphatic carbocycles. The number of hydrogen-bond acceptors (Lipinski definition) is 7. The number of thioether (sulfide) groups is 1. The largest absolute Gasteiger partial charge is 0.483 e. The van der Waals surface area contributed by atoms with Crippen molar-refractivity contribution in [2.45, 2.75) is 74.8 Å². The summed E-state index contributed by atoms with van der Waals surface area (Å²) in [5.41, 5.74) is 7.43. The lowest BCUT2D eigenvalue weighted by molar-refractivity contribution is 0.137. The fourth-order valence-electron chi connectivity index (χ4n) is 10.5. The van der Waals surface area contributed by atoms with Crippen molar-refractivity contribution in [3.8, 4) is 16.9 Å². The Labute approximate surface area is 381 Å². The van der Waals surface area contributed by atoms with Crippen molar-refractivity contribution in [1.29, 1.82) is 0 Å². The Hall–Kier alpha value is -6.72. The van der Waals surface area contributed by atoms with Gasteiger partial charge in [-0.05, 0) is 84.2 Å². The molecule has 11 heteroatoms. The molecule has 0 radical (unpaired) electrons. The van der Waals surface area contributed by atoms with Crippen LogP contribution in [0.1, 0.15) is 78.5 Å². The van der Waals surface area contributed by atoms with Gasteiger partial charge in [-0.15, -0.1) is 0 Å². The van der Waals surface area contributed by atoms with Crippen LogP contribution in [0.25, 0.3) is 32.9 Å². The zero-order valence-corrected chi connectivity index (χ0v) is 37.4. The van der Waals surface area contributed by atoms with Crippen molar-refractivity contribution in [3.05, 3.63) is 179 Å². The molecule has 3 atom stereocenters. The molecule has 8 aromatic rings. The maximum Gasteiger partial charge on any atom is 0.407 e. The van der Waals surface area contributed by atoms with Crippen molar-refractivity contribution < 1.29 is 19.0 Å². The van der Waals surface area contributed by atoms with Gasteiger partial charge in [-0.25, -0.2) is 19.2 Å². The highest BCUT2D eigenvalue weighted by Crippen LogP contribution is 2.55. The van der Waals surface area contributed by atoms with E-state index in [-0.39, 0.29) is 23.8 Å². The lowest BCUT2D eigenvalue weighted by Gasteiger charge is -2.36. The Kier molecular flexibility index (Phi) is 10.3. The van der Waals surface area contributed by atoms with Gasteiger partial charge in [0.25, 0.3) is 0 Å². The summed E-state index contributed by atoms with van der Waals surface area (Å²) in [4.78, 5) is 26.6. The first-order chi connectivity index (χ1) is 31.7. The summed E-state index contributed by atoms with van der Waals surface area (Å²) in [6.07, 6.45) is 3.53. The van der Waals surface area contributed by atoms with Crippen LogP contribution in [0.4, 0.5) is 15.0 Å². The Morgan fingerprint density at radius 1 is 0.831 bits per heavy atom. The highest BCUT2D eigenvalue weighted by atomic mass is 32.2. The van der Waals surface area contributed by atoms with Gasteiger partial charge in [0, 0.05) is 47.3 Å². The Morgan fingerprint density at radius 2 is 1.45 bits per heavy atom. The lowest BCUT2D eigenvalue weighted by atomic mass is 9.77. The van der Waals surface area contributed by atoms with E-state index < -0.39 is 17.7 Å². The molecule has 3 fully saturated rings. The van der Waals surface area contributed by atoms with Crippen molar-refractivity contribution in [2.24, 2.45) is 0 Å². The number of anilines is 1. The van der Waals surface area contributed by atoms with Crippen molar-refractivity contribution in [2.75, 3.05) is 23.7 Å². The predicted octanol–water partition coefficient (Wildman–Crippen LogP) is 12.0. The molecule has 6 aromatic carbocycles. The Bertz CT molecular complexity index is 2980. The normalized spacial score (nSPS) is 17.6. The number of aromatic nitrogens is 4. The smallest absolute Gasteiger partial charge is 0.407 e. The minimum absolute atomic E-state index is 0.0135. The number of likely N-dealkylation sites (tertiary alicyclic amines) is 1. The van der Waals surface area contributed by atoms with Crippen molar-refractivity contribution >= 4 is 45.5 Å². The number of carbonyl (C=O) groups is 1. The Morgan fingerprint density at radius 3 is 2.00 bits per heavy atom. The molecule has 1 saturated carbocycles. The van der Waals surface area contributed by atoms with E-state index in [0.29, 0.717) is 40.6 Å². The molecule has 2 saturated heterocycles. The van der Waals surface area contributed by atoms with Crippen LogP contribution in [-0.2, 0) is 5.54 Å². The zero-order valence-electron chi connectivity index (χ0n) is 36.6. The second-order valence-corrected chi connectivity index (χ2v) is 18.8. The van der Waals surface area contributed by atoms with Crippen LogP contribution in [0.5, 0.6) is 5.75 Å². The summed E-state index contributed by atoms with van der Waals surface area (Å²) in [6.45, 7) is 6.97. The Balaban J connectivity index is 1.21. The number of piperazine rings is 1. The topological polar surface area (TPSA) is 96.6 Å². The molecule has 4 heterocycles. The first-order valence-electron chi connectivity index (χ1n) is 22.6. The summed E-state index contributed by atoms with van der Waals surface area (Å²) < 4.78 is 26.4. The molecule has 9 nitrogen and oxygen atoms in total. The van der Waals surface area contributed by atoms with E-state index in [4.69, 9.17) is 19.8 Å². The van der Waals surface area contributed by atoms with E-state index in [9.17, 15) is 9.90 Å². The van der Waals surface area contributed by atoms with Crippen LogP contribution in [0, 0.1) is 12.7 Å². The van der Waals surface area contributed by atoms with E-state index in [1.807, 2.05) is 48.0 Å². The predicted molar refractivity (Wildman–Crippen MR) is 256 cm³/mol. The summed E-state index contributed by atoms with van der Waals surface area (Å²) >= 11 is 1.56. The number of fused-ring (bicyclic) bond motifs is 4. The molecule has 11 rings (SSSR count). The lowest BCUT2D eigenvalue weighted by Crippen LogP contribution is -2.48. The van der Waals surface area contributed by atoms with Crippen LogP contribution >= 0.6 is 11.8 Å². The van der Waals surface area contributed by atoms with Gasteiger partial charge in [0.2, 0.25) is 0 Å². The van der Waals surface area contributed by atoms with Gasteiger partial charge in [0.05, 0.1) is 17.6 Å². The van der Waals surface area contributed by atoms with Gasteiger partial charge >= 0.3 is 6.09 Å². The van der Waals surface area contributed by atoms with E-state index >= 15 is 4.39 Å². The van der Waals surface area contributed by atoms with Crippen LogP contribution < -0.4 is 9.64 Å². The number of benzene rings is 6. The van der Waals surface area contributed by atoms with Gasteiger partial charge in [0.1, 0.15) is 28.8 Å². The van der Waals surface area contributed by atoms with Crippen LogP contribution in [0.15, 0.2) is 145 Å². The average molecular weight is 881 g/mol. The zero-order chi connectivity index (χ0) is 44.4. The van der Waals surface area contributed by atoms with Gasteiger partial charge in [-0.1, -0.05) is 140 Å². The molecule has 0 spiro atoms. The van der Waals surface area contributed by atoms with E-state index in [2.05, 4.69) is 116 Å². The van der Waals surface area contributed by atoms with Gasteiger partial charge in [0.15, 0.2) is 10.9 Å². The minimum Gasteiger partial charge on any atom is -0.483 e. The molecule has 3 aliphatic rings. The molecule has 2 aliphatic heterocycles. The van der Waals surface area contributed by atoms with E-state index in [0.717, 1.165) is 80.5 Å². The molecule has 1 N–H and O–H groups in total. The third-order valence-corrected chi connectivity index (χ3v) is 14.5. The monoisotopic (exact) mass is 880 g/mol. The van der Waals surface area contributed by atoms with Crippen LogP contribution in [0.2, 0.25) is 0 Å². The molecular weight excluding hydrogens is 832 g/mol. The molecule has 65 heavy (non-hydrogen) atoms. The maximum atomic E-state index is 17.0. The fourth-order valence-corrected chi connectivity index (χ4v) is 11.1. The summed E-state index contributed by atoms with van der Waals surface area (Å²) in [7, 11) is 0. The number of carboxylic acid groups (broad SMARTS) is 1. The number of amides is 1. The van der Waals surface area contributed by atoms with Gasteiger partial charge in [-0.3, -0.25) is 4.68 Å². The van der Waals surface area contributed by atoms with E-state index in [1.165, 1.54) is 0 Å². The second kappa shape index (κ2) is 16.4. The average Bonchev–Trinajstić information content (AvgIpc) is 3.77. The maximum absolute atomic E-state index is 17.0. The number of hydrogen-bond donors (Lipinski definition) is 1. The van der Waals surface area contributed by atoms with Crippen LogP contribution in [0.3, 0.4) is 0 Å². The summed E-state index contributed by atoms with van der Waals surface area (Å²) in [5.74, 6) is 1.97. The van der Waals surface area contributed by atoms with Crippen LogP contribution in [-0.4, -0.2) is 66.8 Å². The fraction of sp³-hybridized carbons (Fsp3) is 0.259. The number of rotatable bonds is 12. The third kappa shape index (κ3) is 6.90. The number of halogens is 1. The van der Waals surface area contributed by atoms with Crippen molar-refractivity contribution in [3.63, 3.8) is 0 Å². The summed E-state index contributed by atoms with van der Waals surface area (Å²) in [6, 6.07) is 45.1. The first-order valence-corrected chi connectivity index (χ1v) is 23.6. The molecular formula is C54H49FN6O3S. The molecule has 326 valence electrons. The highest BCUT2D eigenvalue weighted by Gasteiger charge is 2.47. The third-order valence-electron chi connectivity index (χ3n) is 13.7. The quantitative estimate of drug-likeness (QED) is 0.0736. The standard InChI is InChI=1S/C54H49FN6O3S/c1-4-65-52-56-49-43(51(57-52)59-30-41-27-40(59)31-60(41)53(62)63)28-42(36-25-26-36)48(50(49)64-34(3)35-17-9-5-10-18-35)47-33(2)45(55)29-46-44(47)32-61(58-46)54(37-19-11-6-12-20-37,38-21-13-7-14-22-38)39-23-15-8-16-24-39/h5-24,28-29,32,34,36,40-41H,4,25-27,30-31H2,1-3H3,(H,62,63)/t34-,40-,41-/m0/s1. The minimum atomic E-state index is -0.923. The SMILES string of the molecule is CCSc1nc(N2C[C@@H]3C[C@H]2CN3C(=O)O)c2cc(C3CC3)c(-c3c(C)c(F)cc4nn(C(c5ccccc5)(c5ccccc5)c5ccccc5)cc34)c(O[C@@H](C)c3ccccc3)c2n1. The summed E-state index contributed by atoms with van der Waals surface area (Å²) in [5, 5.41) is 17.7. The molecule has 2 bridgehead atoms. The molecule has 0 unspecified atom stereocenters. The first kappa shape index (κ1) is 41.0. The van der Waals surface area contributed by atoms with Gasteiger partial charge in [-0.2, -0.15) is 5.10 Å². The number of nitrogens with zero attached hydrogens (tertiary/aromatic N) is 6. The highest BCUT2D eigenvalue weighted by molar-refractivity contribution is 7.99. The number of ether oxygens (including phenoxy) is 1. The van der Waals surface area contributed by atoms with Crippen molar-refractivity contribution in [1.82, 2.24) is 24.6 Å². The molecule has 1 amide bonds.